The summed E-state index contributed by atoms with van der Waals surface area (Å²) in [6, 6.07) is 34.3. The number of piperidine rings is 1. The third-order valence-electron chi connectivity index (χ3n) is 11.8. The standard InChI is InChI=1S/C57H47N5O.Pt/c1-57(2,3)42-32-33-58-54(36-42)62-50-27-12-11-24-48(50)49-31-30-45(38-53(49)62)63-44-23-15-22-43(37-44)60-39-61(52-29-17-28-51(56(52)60)59-34-13-6-14-35-59)55-46(40-18-7-4-8-19-40)25-16-26-47(55)41-20-9-5-10-21-41;/h4-5,7-12,15-33,36H,6,13-14,34-35H2,1-3H3;/q-2;/i4D,5D,7D,8D,9D,10D,18D,19D,20D,21D;. The van der Waals surface area contributed by atoms with E-state index in [1.54, 1.807) is 28.8 Å². The third kappa shape index (κ3) is 7.50. The van der Waals surface area contributed by atoms with Crippen molar-refractivity contribution in [1.82, 2.24) is 14.1 Å². The van der Waals surface area contributed by atoms with Crippen LogP contribution < -0.4 is 14.2 Å². The van der Waals surface area contributed by atoms with Crippen molar-refractivity contribution in [3.63, 3.8) is 0 Å². The molecular formula is C57H47N5OPt-2. The van der Waals surface area contributed by atoms with Gasteiger partial charge in [-0.2, -0.15) is 18.2 Å². The molecule has 0 radical (unpaired) electrons. The molecule has 0 unspecified atom stereocenters. The van der Waals surface area contributed by atoms with Crippen LogP contribution in [0.25, 0.3) is 72.3 Å². The van der Waals surface area contributed by atoms with Gasteiger partial charge in [-0.15, -0.1) is 29.7 Å². The summed E-state index contributed by atoms with van der Waals surface area (Å²) < 4.78 is 100. The average Bonchev–Trinajstić information content (AvgIpc) is 3.95. The van der Waals surface area contributed by atoms with E-state index in [4.69, 9.17) is 23.4 Å². The van der Waals surface area contributed by atoms with Crippen molar-refractivity contribution in [2.24, 2.45) is 0 Å². The third-order valence-corrected chi connectivity index (χ3v) is 11.8. The first-order valence-electron chi connectivity index (χ1n) is 26.2. The Morgan fingerprint density at radius 3 is 2.11 bits per heavy atom. The molecule has 3 aromatic heterocycles. The van der Waals surface area contributed by atoms with E-state index in [9.17, 15) is 0 Å². The Morgan fingerprint density at radius 2 is 1.38 bits per heavy atom. The molecule has 1 aliphatic rings. The number of imidazole rings is 1. The van der Waals surface area contributed by atoms with Gasteiger partial charge in [0, 0.05) is 63.1 Å². The van der Waals surface area contributed by atoms with Gasteiger partial charge in [0.15, 0.2) is 0 Å². The van der Waals surface area contributed by atoms with Gasteiger partial charge >= 0.3 is 0 Å². The largest absolute Gasteiger partial charge is 0.510 e. The van der Waals surface area contributed by atoms with Gasteiger partial charge in [-0.05, 0) is 87.8 Å². The summed E-state index contributed by atoms with van der Waals surface area (Å²) in [5.74, 6) is 1.58. The summed E-state index contributed by atoms with van der Waals surface area (Å²) in [5, 5.41) is 2.03. The normalized spacial score (nSPS) is 15.3. The first kappa shape index (κ1) is 31.2. The molecule has 0 atom stereocenters. The minimum atomic E-state index is -0.565. The first-order chi connectivity index (χ1) is 35.0. The molecule has 1 fully saturated rings. The Balaban J connectivity index is 0.00000626. The molecule has 6 nitrogen and oxygen atoms in total. The van der Waals surface area contributed by atoms with Crippen molar-refractivity contribution < 1.29 is 44.1 Å². The van der Waals surface area contributed by atoms with E-state index in [0.717, 1.165) is 71.2 Å². The molecule has 1 aliphatic heterocycles. The Bertz CT molecular complexity index is 3750. The maximum absolute atomic E-state index is 9.14. The molecule has 0 N–H and O–H groups in total. The predicted octanol–water partition coefficient (Wildman–Crippen LogP) is 13.2. The summed E-state index contributed by atoms with van der Waals surface area (Å²) in [6.07, 6.45) is 8.43. The van der Waals surface area contributed by atoms with Crippen LogP contribution in [-0.4, -0.2) is 27.2 Å². The number of rotatable bonds is 8. The predicted molar refractivity (Wildman–Crippen MR) is 256 cm³/mol. The van der Waals surface area contributed by atoms with Crippen LogP contribution in [0.15, 0.2) is 170 Å². The van der Waals surface area contributed by atoms with Gasteiger partial charge in [-0.25, -0.2) is 4.98 Å². The molecule has 0 aliphatic carbocycles. The molecule has 318 valence electrons. The van der Waals surface area contributed by atoms with E-state index in [-0.39, 0.29) is 54.4 Å². The van der Waals surface area contributed by atoms with Crippen molar-refractivity contribution in [1.29, 1.82) is 0 Å². The van der Waals surface area contributed by atoms with Crippen LogP contribution in [0.3, 0.4) is 0 Å². The van der Waals surface area contributed by atoms with Gasteiger partial charge in [0.05, 0.1) is 24.9 Å². The zero-order chi connectivity index (χ0) is 51.2. The average molecular weight is 1020 g/mol. The number of ether oxygens (including phenoxy) is 1. The summed E-state index contributed by atoms with van der Waals surface area (Å²) in [6.45, 7) is 8.10. The smallest absolute Gasteiger partial charge is 0.268 e. The second kappa shape index (κ2) is 17.1. The van der Waals surface area contributed by atoms with Gasteiger partial charge in [-0.1, -0.05) is 135 Å². The number of fused-ring (bicyclic) bond motifs is 4. The molecule has 0 saturated carbocycles. The molecule has 4 heterocycles. The maximum atomic E-state index is 9.14. The Labute approximate surface area is 403 Å². The summed E-state index contributed by atoms with van der Waals surface area (Å²) in [5.41, 5.74) is 5.74. The molecule has 11 rings (SSSR count). The Morgan fingerprint density at radius 1 is 0.688 bits per heavy atom. The zero-order valence-electron chi connectivity index (χ0n) is 45.4. The topological polar surface area (TPSA) is 39.1 Å². The van der Waals surface area contributed by atoms with E-state index in [2.05, 4.69) is 66.9 Å². The molecule has 0 bridgehead atoms. The molecular weight excluding hydrogens is 966 g/mol. The van der Waals surface area contributed by atoms with E-state index in [1.165, 1.54) is 0 Å². The fourth-order valence-electron chi connectivity index (χ4n) is 8.75. The van der Waals surface area contributed by atoms with Gasteiger partial charge in [0.25, 0.3) is 6.33 Å². The molecule has 7 aromatic carbocycles. The molecule has 0 amide bonds. The van der Waals surface area contributed by atoms with E-state index in [1.807, 2.05) is 71.4 Å². The van der Waals surface area contributed by atoms with E-state index < -0.39 is 60.4 Å². The van der Waals surface area contributed by atoms with Crippen LogP contribution in [0.4, 0.5) is 5.69 Å². The number of anilines is 1. The first-order valence-corrected chi connectivity index (χ1v) is 21.2. The zero-order valence-corrected chi connectivity index (χ0v) is 37.7. The van der Waals surface area contributed by atoms with Gasteiger partial charge in [0.1, 0.15) is 11.3 Å². The number of hydrogen-bond donors (Lipinski definition) is 0. The SMILES string of the molecule is [2H]c1c([2H])c([2H])c(-c2cccc(-c3c([2H])c([2H])c([2H])c([2H])c3[2H])c2-[n+]2[c-]n(-c3[c-]c(Oc4[c-]c5c(cc4)c4ccccc4n5-c4cc(C(C)(C)C)ccn4)ccc3)c3c(N4CCCCC4)cccc32)c([2H])c1[2H].[Pt]. The van der Waals surface area contributed by atoms with Gasteiger partial charge in [0.2, 0.25) is 0 Å². The summed E-state index contributed by atoms with van der Waals surface area (Å²) >= 11 is 0. The van der Waals surface area contributed by atoms with Crippen LogP contribution in [0.1, 0.15) is 59.3 Å². The quantitative estimate of drug-likeness (QED) is 0.112. The molecule has 0 spiro atoms. The minimum absolute atomic E-state index is 0. The molecule has 1 saturated heterocycles. The molecule has 10 aromatic rings. The molecule has 64 heavy (non-hydrogen) atoms. The monoisotopic (exact) mass is 1020 g/mol. The number of hydrogen-bond acceptors (Lipinski definition) is 3. The van der Waals surface area contributed by atoms with Crippen LogP contribution in [0, 0.1) is 18.5 Å². The van der Waals surface area contributed by atoms with Crippen molar-refractivity contribution in [2.75, 3.05) is 18.0 Å². The number of pyridine rings is 1. The summed E-state index contributed by atoms with van der Waals surface area (Å²) in [7, 11) is 0. The van der Waals surface area contributed by atoms with E-state index in [0.29, 0.717) is 28.2 Å². The Kier molecular flexibility index (Phi) is 8.32. The maximum Gasteiger partial charge on any atom is 0.268 e. The Hall–Kier alpha value is -6.75. The number of benzene rings is 7. The van der Waals surface area contributed by atoms with Crippen molar-refractivity contribution in [2.45, 2.75) is 45.4 Å². The fraction of sp³-hybridized carbons (Fsp3) is 0.158. The summed E-state index contributed by atoms with van der Waals surface area (Å²) in [4.78, 5) is 7.14. The second-order valence-corrected chi connectivity index (χ2v) is 16.8. The van der Waals surface area contributed by atoms with Crippen LogP contribution in [0.2, 0.25) is 0 Å². The number of nitrogens with zero attached hydrogens (tertiary/aromatic N) is 5. The van der Waals surface area contributed by atoms with Crippen molar-refractivity contribution in [3.8, 4) is 50.9 Å². The van der Waals surface area contributed by atoms with Gasteiger partial charge in [-0.3, -0.25) is 4.57 Å². The second-order valence-electron chi connectivity index (χ2n) is 16.8. The van der Waals surface area contributed by atoms with Gasteiger partial charge < -0.3 is 18.8 Å². The van der Waals surface area contributed by atoms with Crippen molar-refractivity contribution in [3.05, 3.63) is 194 Å². The molecule has 7 heteroatoms. The minimum Gasteiger partial charge on any atom is -0.510 e. The number of aromatic nitrogens is 4. The van der Waals surface area contributed by atoms with E-state index >= 15 is 0 Å². The van der Waals surface area contributed by atoms with Crippen LogP contribution >= 0.6 is 0 Å². The van der Waals surface area contributed by atoms with Crippen molar-refractivity contribution >= 4 is 38.5 Å². The fourth-order valence-corrected chi connectivity index (χ4v) is 8.75. The van der Waals surface area contributed by atoms with Crippen LogP contribution in [0.5, 0.6) is 11.5 Å². The van der Waals surface area contributed by atoms with Crippen LogP contribution in [-0.2, 0) is 26.5 Å². The number of para-hydroxylation sites is 3.